The van der Waals surface area contributed by atoms with Gasteiger partial charge in [0.05, 0.1) is 25.2 Å². The van der Waals surface area contributed by atoms with Crippen molar-refractivity contribution in [1.82, 2.24) is 15.2 Å². The van der Waals surface area contributed by atoms with Crippen molar-refractivity contribution in [3.05, 3.63) is 29.7 Å². The van der Waals surface area contributed by atoms with E-state index in [4.69, 9.17) is 18.6 Å². The third-order valence-corrected chi connectivity index (χ3v) is 5.26. The standard InChI is InChI=1S/C20H21N3O6/c1-11-15(22-19(28-11)12-2-5-16-17(6-12)27-10-26-16)7-18(24)21-8-14-9-23(13-3-4-13)20(25)29-14/h2,5-6,13-14H,3-4,7-10H2,1H3,(H,21,24). The molecule has 0 radical (unpaired) electrons. The molecule has 29 heavy (non-hydrogen) atoms. The normalized spacial score (nSPS) is 20.1. The molecule has 0 spiro atoms. The molecule has 1 aromatic heterocycles. The van der Waals surface area contributed by atoms with Gasteiger partial charge in [-0.25, -0.2) is 9.78 Å². The first-order chi connectivity index (χ1) is 14.1. The number of rotatable bonds is 6. The van der Waals surface area contributed by atoms with Gasteiger partial charge in [-0.15, -0.1) is 0 Å². The third-order valence-electron chi connectivity index (χ3n) is 5.26. The second-order valence-electron chi connectivity index (χ2n) is 7.46. The molecular formula is C20H21N3O6. The number of fused-ring (bicyclic) bond motifs is 1. The van der Waals surface area contributed by atoms with E-state index < -0.39 is 0 Å². The summed E-state index contributed by atoms with van der Waals surface area (Å²) in [5.41, 5.74) is 1.32. The van der Waals surface area contributed by atoms with E-state index in [1.165, 1.54) is 0 Å². The maximum atomic E-state index is 12.3. The van der Waals surface area contributed by atoms with Crippen LogP contribution in [-0.2, 0) is 16.0 Å². The lowest BCUT2D eigenvalue weighted by Gasteiger charge is -2.11. The molecule has 2 amide bonds. The Morgan fingerprint density at radius 3 is 2.93 bits per heavy atom. The van der Waals surface area contributed by atoms with Gasteiger partial charge in [0, 0.05) is 11.6 Å². The molecule has 1 saturated carbocycles. The number of aryl methyl sites for hydroxylation is 1. The molecule has 5 rings (SSSR count). The van der Waals surface area contributed by atoms with E-state index >= 15 is 0 Å². The van der Waals surface area contributed by atoms with Gasteiger partial charge in [-0.3, -0.25) is 4.79 Å². The summed E-state index contributed by atoms with van der Waals surface area (Å²) in [6, 6.07) is 5.76. The molecule has 0 bridgehead atoms. The van der Waals surface area contributed by atoms with Crippen LogP contribution < -0.4 is 14.8 Å². The number of aromatic nitrogens is 1. The highest BCUT2D eigenvalue weighted by Crippen LogP contribution is 2.36. The van der Waals surface area contributed by atoms with Crippen LogP contribution >= 0.6 is 0 Å². The summed E-state index contributed by atoms with van der Waals surface area (Å²) in [6.45, 7) is 2.79. The van der Waals surface area contributed by atoms with Crippen molar-refractivity contribution in [3.63, 3.8) is 0 Å². The Kier molecular flexibility index (Phi) is 4.30. The van der Waals surface area contributed by atoms with Crippen LogP contribution in [0, 0.1) is 6.92 Å². The number of ether oxygens (including phenoxy) is 3. The number of oxazole rings is 1. The Balaban J connectivity index is 1.19. The van der Waals surface area contributed by atoms with Gasteiger partial charge in [-0.05, 0) is 38.0 Å². The first-order valence-electron chi connectivity index (χ1n) is 9.67. The molecule has 1 saturated heterocycles. The fourth-order valence-electron chi connectivity index (χ4n) is 3.52. The minimum absolute atomic E-state index is 0.0902. The Morgan fingerprint density at radius 2 is 2.10 bits per heavy atom. The van der Waals surface area contributed by atoms with Crippen molar-refractivity contribution in [2.45, 2.75) is 38.3 Å². The summed E-state index contributed by atoms with van der Waals surface area (Å²) in [5.74, 6) is 2.14. The number of hydrogen-bond acceptors (Lipinski definition) is 7. The molecule has 3 aliphatic rings. The van der Waals surface area contributed by atoms with Gasteiger partial charge in [-0.1, -0.05) is 0 Å². The number of nitrogens with one attached hydrogen (secondary N) is 1. The largest absolute Gasteiger partial charge is 0.454 e. The number of carbonyl (C=O) groups is 2. The van der Waals surface area contributed by atoms with Gasteiger partial charge in [0.15, 0.2) is 11.5 Å². The van der Waals surface area contributed by atoms with Gasteiger partial charge >= 0.3 is 6.09 Å². The van der Waals surface area contributed by atoms with E-state index in [1.807, 2.05) is 6.07 Å². The van der Waals surface area contributed by atoms with Crippen molar-refractivity contribution in [1.29, 1.82) is 0 Å². The van der Waals surface area contributed by atoms with Crippen molar-refractivity contribution >= 4 is 12.0 Å². The average molecular weight is 399 g/mol. The quantitative estimate of drug-likeness (QED) is 0.793. The second kappa shape index (κ2) is 6.98. The number of cyclic esters (lactones) is 1. The monoisotopic (exact) mass is 399 g/mol. The first-order valence-corrected chi connectivity index (χ1v) is 9.67. The highest BCUT2D eigenvalue weighted by molar-refractivity contribution is 5.78. The molecule has 1 atom stereocenters. The molecule has 1 aliphatic carbocycles. The first kappa shape index (κ1) is 17.8. The van der Waals surface area contributed by atoms with Crippen LogP contribution in [0.1, 0.15) is 24.3 Å². The Labute approximate surface area is 166 Å². The second-order valence-corrected chi connectivity index (χ2v) is 7.46. The Hall–Kier alpha value is -3.23. The van der Waals surface area contributed by atoms with Crippen LogP contribution in [0.4, 0.5) is 4.79 Å². The van der Waals surface area contributed by atoms with Crippen molar-refractivity contribution < 1.29 is 28.2 Å². The van der Waals surface area contributed by atoms with Crippen LogP contribution in [0.25, 0.3) is 11.5 Å². The summed E-state index contributed by atoms with van der Waals surface area (Å²) in [4.78, 5) is 30.4. The van der Waals surface area contributed by atoms with Gasteiger partial charge in [0.25, 0.3) is 0 Å². The zero-order chi connectivity index (χ0) is 20.0. The maximum absolute atomic E-state index is 12.3. The van der Waals surface area contributed by atoms with Crippen LogP contribution in [0.2, 0.25) is 0 Å². The van der Waals surface area contributed by atoms with Gasteiger partial charge in [0.1, 0.15) is 11.9 Å². The zero-order valence-corrected chi connectivity index (χ0v) is 16.0. The lowest BCUT2D eigenvalue weighted by molar-refractivity contribution is -0.120. The molecule has 3 heterocycles. The van der Waals surface area contributed by atoms with Crippen LogP contribution in [-0.4, -0.2) is 53.9 Å². The Bertz CT molecular complexity index is 967. The minimum Gasteiger partial charge on any atom is -0.454 e. The molecule has 2 aromatic rings. The molecule has 2 fully saturated rings. The fraction of sp³-hybridized carbons (Fsp3) is 0.450. The average Bonchev–Trinajstić information content (AvgIpc) is 3.14. The van der Waals surface area contributed by atoms with Crippen molar-refractivity contribution in [3.8, 4) is 23.0 Å². The number of amides is 2. The molecule has 152 valence electrons. The van der Waals surface area contributed by atoms with E-state index in [0.717, 1.165) is 18.4 Å². The highest BCUT2D eigenvalue weighted by atomic mass is 16.7. The van der Waals surface area contributed by atoms with Crippen LogP contribution in [0.5, 0.6) is 11.5 Å². The lowest BCUT2D eigenvalue weighted by atomic mass is 10.2. The number of benzene rings is 1. The summed E-state index contributed by atoms with van der Waals surface area (Å²) >= 11 is 0. The Morgan fingerprint density at radius 1 is 1.28 bits per heavy atom. The molecular weight excluding hydrogens is 378 g/mol. The van der Waals surface area contributed by atoms with Crippen LogP contribution in [0.15, 0.2) is 22.6 Å². The van der Waals surface area contributed by atoms with Crippen molar-refractivity contribution in [2.75, 3.05) is 19.9 Å². The zero-order valence-electron chi connectivity index (χ0n) is 16.0. The van der Waals surface area contributed by atoms with Gasteiger partial charge in [0.2, 0.25) is 18.6 Å². The molecule has 1 aromatic carbocycles. The predicted octanol–water partition coefficient (Wildman–Crippen LogP) is 2.02. The lowest BCUT2D eigenvalue weighted by Crippen LogP contribution is -2.35. The molecule has 1 unspecified atom stereocenters. The highest BCUT2D eigenvalue weighted by Gasteiger charge is 2.40. The SMILES string of the molecule is Cc1oc(-c2ccc3c(c2)OCO3)nc1CC(=O)NCC1CN(C2CC2)C(=O)O1. The van der Waals surface area contributed by atoms with Gasteiger partial charge < -0.3 is 28.8 Å². The third kappa shape index (κ3) is 3.59. The van der Waals surface area contributed by atoms with E-state index in [0.29, 0.717) is 48.0 Å². The van der Waals surface area contributed by atoms with E-state index in [2.05, 4.69) is 10.3 Å². The van der Waals surface area contributed by atoms with E-state index in [1.54, 1.807) is 24.0 Å². The molecule has 1 N–H and O–H groups in total. The number of hydrogen-bond donors (Lipinski definition) is 1. The summed E-state index contributed by atoms with van der Waals surface area (Å²) in [5, 5.41) is 2.82. The van der Waals surface area contributed by atoms with E-state index in [-0.39, 0.29) is 31.3 Å². The molecule has 2 aliphatic heterocycles. The topological polar surface area (TPSA) is 103 Å². The fourth-order valence-corrected chi connectivity index (χ4v) is 3.52. The summed E-state index contributed by atoms with van der Waals surface area (Å²) in [6.07, 6.45) is 1.56. The predicted molar refractivity (Wildman–Crippen MR) is 99.5 cm³/mol. The molecule has 9 heteroatoms. The molecule has 9 nitrogen and oxygen atoms in total. The van der Waals surface area contributed by atoms with Crippen molar-refractivity contribution in [2.24, 2.45) is 0 Å². The smallest absolute Gasteiger partial charge is 0.410 e. The minimum atomic E-state index is -0.311. The van der Waals surface area contributed by atoms with E-state index in [9.17, 15) is 9.59 Å². The van der Waals surface area contributed by atoms with Crippen LogP contribution in [0.3, 0.4) is 0 Å². The number of carbonyl (C=O) groups excluding carboxylic acids is 2. The summed E-state index contributed by atoms with van der Waals surface area (Å²) < 4.78 is 21.7. The van der Waals surface area contributed by atoms with Gasteiger partial charge in [-0.2, -0.15) is 0 Å². The maximum Gasteiger partial charge on any atom is 0.410 e. The number of nitrogens with zero attached hydrogens (tertiary/aromatic N) is 2. The summed E-state index contributed by atoms with van der Waals surface area (Å²) in [7, 11) is 0.